The van der Waals surface area contributed by atoms with E-state index in [1.54, 1.807) is 26.0 Å². The van der Waals surface area contributed by atoms with Crippen molar-refractivity contribution in [2.75, 3.05) is 18.8 Å². The number of rotatable bonds is 5. The van der Waals surface area contributed by atoms with Gasteiger partial charge in [0.15, 0.2) is 0 Å². The summed E-state index contributed by atoms with van der Waals surface area (Å²) in [7, 11) is -3.55. The topological polar surface area (TPSA) is 87.2 Å². The Kier molecular flexibility index (Phi) is 4.70. The molecule has 0 spiro atoms. The van der Waals surface area contributed by atoms with Crippen molar-refractivity contribution in [3.63, 3.8) is 0 Å². The maximum atomic E-state index is 12.3. The van der Waals surface area contributed by atoms with Crippen LogP contribution in [0, 0.1) is 17.2 Å². The Morgan fingerprint density at radius 1 is 1.39 bits per heavy atom. The predicted octanol–water partition coefficient (Wildman–Crippen LogP) is 1.44. The van der Waals surface area contributed by atoms with Crippen LogP contribution in [0.2, 0.25) is 0 Å². The summed E-state index contributed by atoms with van der Waals surface area (Å²) in [4.78, 5) is 0.198. The lowest BCUT2D eigenvalue weighted by Gasteiger charge is -2.21. The molecule has 5 nitrogen and oxygen atoms in total. The Morgan fingerprint density at radius 2 is 1.94 bits per heavy atom. The zero-order chi connectivity index (χ0) is 13.8. The van der Waals surface area contributed by atoms with E-state index < -0.39 is 10.0 Å². The first kappa shape index (κ1) is 14.5. The van der Waals surface area contributed by atoms with Crippen molar-refractivity contribution < 1.29 is 8.42 Å². The number of nitrogens with two attached hydrogens (primary N) is 1. The SMILES string of the molecule is CCN(CC(C)C#N)S(=O)(=O)c1ccc(N)cc1. The summed E-state index contributed by atoms with van der Waals surface area (Å²) in [5.74, 6) is -0.339. The minimum Gasteiger partial charge on any atom is -0.399 e. The third-order valence-electron chi connectivity index (χ3n) is 2.57. The van der Waals surface area contributed by atoms with Crippen LogP contribution in [0.3, 0.4) is 0 Å². The molecular formula is C12H17N3O2S. The predicted molar refractivity (Wildman–Crippen MR) is 70.1 cm³/mol. The molecule has 0 bridgehead atoms. The van der Waals surface area contributed by atoms with Crippen molar-refractivity contribution in [2.24, 2.45) is 5.92 Å². The van der Waals surface area contributed by atoms with Gasteiger partial charge in [0.1, 0.15) is 0 Å². The quantitative estimate of drug-likeness (QED) is 0.818. The van der Waals surface area contributed by atoms with E-state index in [0.29, 0.717) is 12.2 Å². The Bertz CT molecular complexity index is 531. The van der Waals surface area contributed by atoms with Gasteiger partial charge in [-0.25, -0.2) is 8.42 Å². The lowest BCUT2D eigenvalue weighted by Crippen LogP contribution is -2.34. The molecule has 1 rings (SSSR count). The molecule has 0 amide bonds. The van der Waals surface area contributed by atoms with Gasteiger partial charge in [-0.2, -0.15) is 9.57 Å². The first-order valence-corrected chi connectivity index (χ1v) is 7.11. The molecule has 1 unspecified atom stereocenters. The van der Waals surface area contributed by atoms with Crippen molar-refractivity contribution in [1.82, 2.24) is 4.31 Å². The van der Waals surface area contributed by atoms with Gasteiger partial charge in [-0.3, -0.25) is 0 Å². The number of hydrogen-bond acceptors (Lipinski definition) is 4. The van der Waals surface area contributed by atoms with E-state index >= 15 is 0 Å². The minimum absolute atomic E-state index is 0.194. The molecule has 0 fully saturated rings. The molecule has 0 heterocycles. The zero-order valence-electron chi connectivity index (χ0n) is 10.5. The van der Waals surface area contributed by atoms with Crippen LogP contribution < -0.4 is 5.73 Å². The zero-order valence-corrected chi connectivity index (χ0v) is 11.3. The van der Waals surface area contributed by atoms with E-state index in [1.165, 1.54) is 16.4 Å². The van der Waals surface area contributed by atoms with E-state index in [4.69, 9.17) is 11.0 Å². The number of nitrogen functional groups attached to an aromatic ring is 1. The number of benzene rings is 1. The molecule has 1 aromatic carbocycles. The highest BCUT2D eigenvalue weighted by molar-refractivity contribution is 7.89. The second kappa shape index (κ2) is 5.85. The van der Waals surface area contributed by atoms with Crippen LogP contribution in [0.4, 0.5) is 5.69 Å². The Morgan fingerprint density at radius 3 is 2.39 bits per heavy atom. The molecule has 1 aromatic rings. The Hall–Kier alpha value is -1.58. The number of nitriles is 1. The average Bonchev–Trinajstić information content (AvgIpc) is 2.35. The molecule has 2 N–H and O–H groups in total. The van der Waals surface area contributed by atoms with Crippen molar-refractivity contribution >= 4 is 15.7 Å². The molecule has 0 aliphatic carbocycles. The summed E-state index contributed by atoms with van der Waals surface area (Å²) < 4.78 is 25.9. The smallest absolute Gasteiger partial charge is 0.243 e. The van der Waals surface area contributed by atoms with Crippen LogP contribution in [0.25, 0.3) is 0 Å². The highest BCUT2D eigenvalue weighted by atomic mass is 32.2. The lowest BCUT2D eigenvalue weighted by atomic mass is 10.2. The van der Waals surface area contributed by atoms with Gasteiger partial charge >= 0.3 is 0 Å². The standard InChI is InChI=1S/C12H17N3O2S/c1-3-15(9-10(2)8-13)18(16,17)12-6-4-11(14)5-7-12/h4-7,10H,3,9,14H2,1-2H3. The normalized spacial score (nSPS) is 13.2. The van der Waals surface area contributed by atoms with Gasteiger partial charge in [0.05, 0.1) is 16.9 Å². The van der Waals surface area contributed by atoms with Gasteiger partial charge in [0.25, 0.3) is 0 Å². The summed E-state index contributed by atoms with van der Waals surface area (Å²) in [6.07, 6.45) is 0. The van der Waals surface area contributed by atoms with Crippen LogP contribution >= 0.6 is 0 Å². The second-order valence-corrected chi connectivity index (χ2v) is 5.99. The van der Waals surface area contributed by atoms with Gasteiger partial charge in [0.2, 0.25) is 10.0 Å². The third-order valence-corrected chi connectivity index (χ3v) is 4.52. The van der Waals surface area contributed by atoms with E-state index in [0.717, 1.165) is 0 Å². The first-order chi connectivity index (χ1) is 8.41. The summed E-state index contributed by atoms with van der Waals surface area (Å²) >= 11 is 0. The molecule has 0 aliphatic heterocycles. The number of anilines is 1. The van der Waals surface area contributed by atoms with Gasteiger partial charge in [-0.15, -0.1) is 0 Å². The summed E-state index contributed by atoms with van der Waals surface area (Å²) in [6, 6.07) is 8.09. The van der Waals surface area contributed by atoms with Crippen LogP contribution in [-0.2, 0) is 10.0 Å². The molecule has 0 saturated heterocycles. The molecule has 18 heavy (non-hydrogen) atoms. The molecule has 6 heteroatoms. The highest BCUT2D eigenvalue weighted by Crippen LogP contribution is 2.18. The summed E-state index contributed by atoms with van der Waals surface area (Å²) in [5, 5.41) is 8.76. The fourth-order valence-corrected chi connectivity index (χ4v) is 3.07. The number of hydrogen-bond donors (Lipinski definition) is 1. The Balaban J connectivity index is 3.04. The highest BCUT2D eigenvalue weighted by Gasteiger charge is 2.24. The van der Waals surface area contributed by atoms with E-state index in [-0.39, 0.29) is 17.4 Å². The van der Waals surface area contributed by atoms with E-state index in [9.17, 15) is 8.42 Å². The number of nitrogens with zero attached hydrogens (tertiary/aromatic N) is 2. The lowest BCUT2D eigenvalue weighted by molar-refractivity contribution is 0.400. The van der Waals surface area contributed by atoms with Crippen LogP contribution in [0.5, 0.6) is 0 Å². The van der Waals surface area contributed by atoms with Crippen LogP contribution in [0.15, 0.2) is 29.2 Å². The molecular weight excluding hydrogens is 250 g/mol. The van der Waals surface area contributed by atoms with Crippen molar-refractivity contribution in [1.29, 1.82) is 5.26 Å². The summed E-state index contributed by atoms with van der Waals surface area (Å²) in [5.41, 5.74) is 6.05. The minimum atomic E-state index is -3.55. The second-order valence-electron chi connectivity index (χ2n) is 4.05. The van der Waals surface area contributed by atoms with Gasteiger partial charge < -0.3 is 5.73 Å². The van der Waals surface area contributed by atoms with Crippen molar-refractivity contribution in [3.05, 3.63) is 24.3 Å². The fraction of sp³-hybridized carbons (Fsp3) is 0.417. The molecule has 0 saturated carbocycles. The summed E-state index contributed by atoms with van der Waals surface area (Å²) in [6.45, 7) is 3.97. The van der Waals surface area contributed by atoms with E-state index in [1.807, 2.05) is 6.07 Å². The van der Waals surface area contributed by atoms with Gasteiger partial charge in [-0.1, -0.05) is 6.92 Å². The van der Waals surface area contributed by atoms with Gasteiger partial charge in [0, 0.05) is 18.8 Å². The average molecular weight is 267 g/mol. The maximum Gasteiger partial charge on any atom is 0.243 e. The Labute approximate surface area is 108 Å². The monoisotopic (exact) mass is 267 g/mol. The first-order valence-electron chi connectivity index (χ1n) is 5.67. The van der Waals surface area contributed by atoms with Gasteiger partial charge in [-0.05, 0) is 31.2 Å². The molecule has 0 radical (unpaired) electrons. The van der Waals surface area contributed by atoms with E-state index in [2.05, 4.69) is 0 Å². The largest absolute Gasteiger partial charge is 0.399 e. The van der Waals surface area contributed by atoms with Crippen molar-refractivity contribution in [3.8, 4) is 6.07 Å². The maximum absolute atomic E-state index is 12.3. The molecule has 0 aliphatic rings. The molecule has 1 atom stereocenters. The van der Waals surface area contributed by atoms with Crippen LogP contribution in [0.1, 0.15) is 13.8 Å². The third kappa shape index (κ3) is 3.22. The fourth-order valence-electron chi connectivity index (χ4n) is 1.53. The molecule has 0 aromatic heterocycles. The van der Waals surface area contributed by atoms with Crippen molar-refractivity contribution in [2.45, 2.75) is 18.7 Å². The van der Waals surface area contributed by atoms with Crippen LogP contribution in [-0.4, -0.2) is 25.8 Å². The number of sulfonamides is 1. The molecule has 98 valence electrons.